The van der Waals surface area contributed by atoms with E-state index in [1.807, 2.05) is 41.5 Å². The molecule has 7 nitrogen and oxygen atoms in total. The van der Waals surface area contributed by atoms with Crippen molar-refractivity contribution in [3.8, 4) is 0 Å². The summed E-state index contributed by atoms with van der Waals surface area (Å²) in [6.07, 6.45) is 2.63. The molecule has 0 aromatic heterocycles. The van der Waals surface area contributed by atoms with Gasteiger partial charge in [-0.15, -0.1) is 0 Å². The highest BCUT2D eigenvalue weighted by molar-refractivity contribution is 5.84. The molecule has 0 aliphatic carbocycles. The molecule has 0 unspecified atom stereocenters. The Morgan fingerprint density at radius 2 is 0.966 bits per heavy atom. The van der Waals surface area contributed by atoms with Crippen molar-refractivity contribution < 1.29 is 23.9 Å². The van der Waals surface area contributed by atoms with Gasteiger partial charge in [0.05, 0.1) is 13.2 Å². The molecule has 0 bridgehead atoms. The van der Waals surface area contributed by atoms with Gasteiger partial charge in [-0.05, 0) is 12.8 Å². The number of carbonyl (C=O) groups is 4. The second-order valence-electron chi connectivity index (χ2n) is 9.37. The Kier molecular flexibility index (Phi) is 12.6. The molecule has 29 heavy (non-hydrogen) atoms. The molecule has 2 amide bonds. The maximum absolute atomic E-state index is 11.8. The zero-order valence-corrected chi connectivity index (χ0v) is 19.1. The number of rotatable bonds is 14. The summed E-state index contributed by atoms with van der Waals surface area (Å²) in [5.41, 5.74) is -0.679. The number of ether oxygens (including phenoxy) is 1. The zero-order valence-electron chi connectivity index (χ0n) is 19.1. The van der Waals surface area contributed by atoms with Gasteiger partial charge in [-0.1, -0.05) is 41.5 Å². The molecule has 168 valence electrons. The van der Waals surface area contributed by atoms with Crippen molar-refractivity contribution in [1.82, 2.24) is 10.6 Å². The van der Waals surface area contributed by atoms with Crippen molar-refractivity contribution in [1.29, 1.82) is 0 Å². The number of nitrogens with one attached hydrogen (secondary N) is 2. The van der Waals surface area contributed by atoms with Gasteiger partial charge >= 0.3 is 0 Å². The lowest BCUT2D eigenvalue weighted by molar-refractivity contribution is -0.127. The van der Waals surface area contributed by atoms with Crippen molar-refractivity contribution in [3.63, 3.8) is 0 Å². The lowest BCUT2D eigenvalue weighted by atomic mass is 9.88. The molecule has 0 spiro atoms. The third-order valence-corrected chi connectivity index (χ3v) is 4.43. The van der Waals surface area contributed by atoms with E-state index in [4.69, 9.17) is 4.74 Å². The van der Waals surface area contributed by atoms with Gasteiger partial charge in [0.2, 0.25) is 11.8 Å². The fourth-order valence-corrected chi connectivity index (χ4v) is 2.31. The van der Waals surface area contributed by atoms with Gasteiger partial charge in [-0.2, -0.15) is 0 Å². The summed E-state index contributed by atoms with van der Waals surface area (Å²) in [7, 11) is 0. The first-order chi connectivity index (χ1) is 13.3. The van der Waals surface area contributed by atoms with Crippen LogP contribution in [0.4, 0.5) is 0 Å². The Morgan fingerprint density at radius 3 is 1.28 bits per heavy atom. The van der Waals surface area contributed by atoms with E-state index in [0.29, 0.717) is 38.8 Å². The first kappa shape index (κ1) is 27.2. The normalized spacial score (nSPS) is 11.8. The summed E-state index contributed by atoms with van der Waals surface area (Å²) in [6.45, 7) is 12.8. The van der Waals surface area contributed by atoms with Gasteiger partial charge in [0.1, 0.15) is 11.6 Å². The van der Waals surface area contributed by atoms with Crippen molar-refractivity contribution in [3.05, 3.63) is 0 Å². The van der Waals surface area contributed by atoms with Crippen molar-refractivity contribution in [2.24, 2.45) is 10.8 Å². The average molecular weight is 413 g/mol. The summed E-state index contributed by atoms with van der Waals surface area (Å²) in [5, 5.41) is 5.53. The number of ketones is 2. The largest absolute Gasteiger partial charge is 0.380 e. The predicted molar refractivity (Wildman–Crippen MR) is 113 cm³/mol. The highest BCUT2D eigenvalue weighted by atomic mass is 16.5. The summed E-state index contributed by atoms with van der Waals surface area (Å²) < 4.78 is 5.32. The van der Waals surface area contributed by atoms with Crippen molar-refractivity contribution in [2.45, 2.75) is 80.1 Å². The number of carbonyl (C=O) groups excluding carboxylic acids is 4. The van der Waals surface area contributed by atoms with Crippen LogP contribution in [0, 0.1) is 10.8 Å². The minimum absolute atomic E-state index is 0.124. The molecule has 0 saturated heterocycles. The smallest absolute Gasteiger partial charge is 0.222 e. The Hall–Kier alpha value is -1.76. The van der Waals surface area contributed by atoms with E-state index in [1.54, 1.807) is 0 Å². The van der Waals surface area contributed by atoms with Crippen LogP contribution in [-0.2, 0) is 23.9 Å². The zero-order chi connectivity index (χ0) is 22.5. The maximum atomic E-state index is 11.8. The van der Waals surface area contributed by atoms with Crippen LogP contribution in [0.1, 0.15) is 80.1 Å². The predicted octanol–water partition coefficient (Wildman–Crippen LogP) is 2.81. The molecule has 0 heterocycles. The fourth-order valence-electron chi connectivity index (χ4n) is 2.31. The summed E-state index contributed by atoms with van der Waals surface area (Å²) in [5.74, 6) is 0.130. The quantitative estimate of drug-likeness (QED) is 0.427. The molecule has 0 saturated carbocycles. The molecule has 0 aromatic carbocycles. The van der Waals surface area contributed by atoms with Gasteiger partial charge < -0.3 is 15.4 Å². The highest BCUT2D eigenvalue weighted by Crippen LogP contribution is 2.18. The molecule has 0 aliphatic rings. The van der Waals surface area contributed by atoms with Gasteiger partial charge in [0.25, 0.3) is 0 Å². The fraction of sp³-hybridized carbons (Fsp3) is 0.818. The van der Waals surface area contributed by atoms with E-state index in [2.05, 4.69) is 10.6 Å². The minimum atomic E-state index is -0.339. The number of Topliss-reactive ketones (excluding diaryl/α,β-unsaturated/α-hetero) is 2. The lowest BCUT2D eigenvalue weighted by Gasteiger charge is -2.16. The van der Waals surface area contributed by atoms with E-state index >= 15 is 0 Å². The topological polar surface area (TPSA) is 102 Å². The SMILES string of the molecule is CC(C)(C)C(=O)CCCNC(=O)CCOCCC(=O)NCCCC(=O)C(C)(C)C. The van der Waals surface area contributed by atoms with Crippen LogP contribution in [0.15, 0.2) is 0 Å². The molecule has 0 radical (unpaired) electrons. The Balaban J connectivity index is 3.61. The van der Waals surface area contributed by atoms with Crippen molar-refractivity contribution >= 4 is 23.4 Å². The standard InChI is InChI=1S/C22H40N2O5/c1-21(2,3)17(25)9-7-13-23-19(27)11-15-29-16-12-20(28)24-14-8-10-18(26)22(4,5)6/h7-16H2,1-6H3,(H,23,27)(H,24,28). The molecule has 0 rings (SSSR count). The first-order valence-electron chi connectivity index (χ1n) is 10.5. The number of hydrogen-bond donors (Lipinski definition) is 2. The third-order valence-electron chi connectivity index (χ3n) is 4.43. The summed E-state index contributed by atoms with van der Waals surface area (Å²) in [6, 6.07) is 0. The maximum Gasteiger partial charge on any atom is 0.222 e. The second kappa shape index (κ2) is 13.5. The summed E-state index contributed by atoms with van der Waals surface area (Å²) >= 11 is 0. The molecular weight excluding hydrogens is 372 g/mol. The highest BCUT2D eigenvalue weighted by Gasteiger charge is 2.20. The Morgan fingerprint density at radius 1 is 0.621 bits per heavy atom. The first-order valence-corrected chi connectivity index (χ1v) is 10.5. The van der Waals surface area contributed by atoms with Gasteiger partial charge in [0.15, 0.2) is 0 Å². The van der Waals surface area contributed by atoms with Gasteiger partial charge in [0, 0.05) is 49.6 Å². The summed E-state index contributed by atoms with van der Waals surface area (Å²) in [4.78, 5) is 47.0. The van der Waals surface area contributed by atoms with Gasteiger partial charge in [-0.3, -0.25) is 19.2 Å². The third kappa shape index (κ3) is 14.8. The van der Waals surface area contributed by atoms with Crippen LogP contribution in [-0.4, -0.2) is 49.7 Å². The monoisotopic (exact) mass is 412 g/mol. The minimum Gasteiger partial charge on any atom is -0.380 e. The number of amides is 2. The average Bonchev–Trinajstić information content (AvgIpc) is 2.60. The Bertz CT molecular complexity index is 496. The van der Waals surface area contributed by atoms with E-state index < -0.39 is 0 Å². The van der Waals surface area contributed by atoms with Crippen LogP contribution in [0.2, 0.25) is 0 Å². The van der Waals surface area contributed by atoms with E-state index in [-0.39, 0.29) is 60.3 Å². The molecule has 0 fully saturated rings. The van der Waals surface area contributed by atoms with Crippen LogP contribution in [0.3, 0.4) is 0 Å². The Labute approximate surface area is 175 Å². The van der Waals surface area contributed by atoms with E-state index in [1.165, 1.54) is 0 Å². The molecule has 0 atom stereocenters. The molecule has 0 aromatic rings. The van der Waals surface area contributed by atoms with E-state index in [9.17, 15) is 19.2 Å². The molecule has 2 N–H and O–H groups in total. The van der Waals surface area contributed by atoms with Gasteiger partial charge in [-0.25, -0.2) is 0 Å². The van der Waals surface area contributed by atoms with Crippen LogP contribution in [0.25, 0.3) is 0 Å². The molecule has 7 heteroatoms. The van der Waals surface area contributed by atoms with Crippen LogP contribution >= 0.6 is 0 Å². The van der Waals surface area contributed by atoms with E-state index in [0.717, 1.165) is 0 Å². The second-order valence-corrected chi connectivity index (χ2v) is 9.37. The molecular formula is C22H40N2O5. The van der Waals surface area contributed by atoms with Crippen LogP contribution in [0.5, 0.6) is 0 Å². The van der Waals surface area contributed by atoms with Crippen LogP contribution < -0.4 is 10.6 Å². The number of hydrogen-bond acceptors (Lipinski definition) is 5. The van der Waals surface area contributed by atoms with Crippen molar-refractivity contribution in [2.75, 3.05) is 26.3 Å². The lowest BCUT2D eigenvalue weighted by Crippen LogP contribution is -2.28. The molecule has 0 aliphatic heterocycles.